The van der Waals surface area contributed by atoms with Crippen molar-refractivity contribution in [2.75, 3.05) is 13.1 Å². The third-order valence-electron chi connectivity index (χ3n) is 5.12. The maximum absolute atomic E-state index is 13.3. The minimum Gasteiger partial charge on any atom is -0.339 e. The van der Waals surface area contributed by atoms with E-state index in [2.05, 4.69) is 15.2 Å². The van der Waals surface area contributed by atoms with Crippen molar-refractivity contribution in [2.45, 2.75) is 39.4 Å². The van der Waals surface area contributed by atoms with E-state index in [9.17, 15) is 9.59 Å². The van der Waals surface area contributed by atoms with Gasteiger partial charge in [0.25, 0.3) is 0 Å². The van der Waals surface area contributed by atoms with Gasteiger partial charge < -0.3 is 14.3 Å². The van der Waals surface area contributed by atoms with Crippen LogP contribution in [0, 0.1) is 13.8 Å². The van der Waals surface area contributed by atoms with Crippen molar-refractivity contribution < 1.29 is 14.1 Å². The number of hydrogen-bond donors (Lipinski definition) is 0. The Labute approximate surface area is 174 Å². The van der Waals surface area contributed by atoms with Crippen molar-refractivity contribution in [3.8, 4) is 0 Å². The van der Waals surface area contributed by atoms with E-state index < -0.39 is 6.04 Å². The number of hydrogen-bond acceptors (Lipinski definition) is 6. The number of benzene rings is 1. The van der Waals surface area contributed by atoms with Gasteiger partial charge in [-0.15, -0.1) is 0 Å². The largest absolute Gasteiger partial charge is 0.339 e. The van der Waals surface area contributed by atoms with E-state index in [0.29, 0.717) is 31.3 Å². The highest BCUT2D eigenvalue weighted by atomic mass is 16.5. The van der Waals surface area contributed by atoms with E-state index in [1.54, 1.807) is 27.6 Å². The Hall–Kier alpha value is -3.49. The van der Waals surface area contributed by atoms with E-state index in [4.69, 9.17) is 4.52 Å². The fourth-order valence-corrected chi connectivity index (χ4v) is 3.67. The summed E-state index contributed by atoms with van der Waals surface area (Å²) in [4.78, 5) is 34.0. The maximum atomic E-state index is 13.3. The Kier molecular flexibility index (Phi) is 5.60. The molecule has 1 unspecified atom stereocenters. The summed E-state index contributed by atoms with van der Waals surface area (Å²) in [6.45, 7) is 5.13. The molecule has 1 fully saturated rings. The first kappa shape index (κ1) is 19.8. The van der Waals surface area contributed by atoms with Crippen LogP contribution in [0.15, 0.2) is 47.2 Å². The van der Waals surface area contributed by atoms with Gasteiger partial charge in [-0.3, -0.25) is 14.3 Å². The summed E-state index contributed by atoms with van der Waals surface area (Å²) in [5.41, 5.74) is 2.02. The predicted molar refractivity (Wildman–Crippen MR) is 107 cm³/mol. The normalized spacial score (nSPS) is 16.9. The van der Waals surface area contributed by atoms with E-state index in [-0.39, 0.29) is 24.8 Å². The lowest BCUT2D eigenvalue weighted by molar-refractivity contribution is -0.152. The Bertz CT molecular complexity index is 1030. The van der Waals surface area contributed by atoms with Crippen LogP contribution < -0.4 is 0 Å². The Balaban J connectivity index is 1.54. The van der Waals surface area contributed by atoms with Crippen molar-refractivity contribution in [1.29, 1.82) is 0 Å². The smallest absolute Gasteiger partial charge is 0.246 e. The van der Waals surface area contributed by atoms with Crippen LogP contribution in [-0.4, -0.2) is 60.7 Å². The SMILES string of the molecule is Cc1cnn(CC(=O)N2CCN(Cc3ccccc3)C(=O)C2Cc2nc(C)no2)c1. The molecule has 9 nitrogen and oxygen atoms in total. The van der Waals surface area contributed by atoms with Gasteiger partial charge in [-0.25, -0.2) is 0 Å². The van der Waals surface area contributed by atoms with E-state index in [1.165, 1.54) is 0 Å². The molecule has 30 heavy (non-hydrogen) atoms. The third kappa shape index (κ3) is 4.40. The Morgan fingerprint density at radius 2 is 2.00 bits per heavy atom. The molecule has 3 aromatic rings. The Morgan fingerprint density at radius 1 is 1.20 bits per heavy atom. The summed E-state index contributed by atoms with van der Waals surface area (Å²) in [7, 11) is 0. The number of piperazine rings is 1. The van der Waals surface area contributed by atoms with Gasteiger partial charge in [0.05, 0.1) is 12.6 Å². The van der Waals surface area contributed by atoms with Crippen molar-refractivity contribution in [3.05, 3.63) is 65.6 Å². The monoisotopic (exact) mass is 408 g/mol. The molecule has 4 rings (SSSR count). The van der Waals surface area contributed by atoms with Crippen molar-refractivity contribution in [3.63, 3.8) is 0 Å². The summed E-state index contributed by atoms with van der Waals surface area (Å²) in [5, 5.41) is 7.99. The molecule has 0 aliphatic carbocycles. The highest BCUT2D eigenvalue weighted by molar-refractivity contribution is 5.89. The molecule has 1 aromatic carbocycles. The number of carbonyl (C=O) groups excluding carboxylic acids is 2. The third-order valence-corrected chi connectivity index (χ3v) is 5.12. The number of amides is 2. The molecule has 156 valence electrons. The number of aryl methyl sites for hydroxylation is 2. The van der Waals surface area contributed by atoms with E-state index in [1.807, 2.05) is 43.5 Å². The lowest BCUT2D eigenvalue weighted by Gasteiger charge is -2.40. The van der Waals surface area contributed by atoms with Crippen LogP contribution in [-0.2, 0) is 29.1 Å². The molecule has 0 spiro atoms. The number of nitrogens with zero attached hydrogens (tertiary/aromatic N) is 6. The molecule has 2 aromatic heterocycles. The van der Waals surface area contributed by atoms with Crippen LogP contribution in [0.25, 0.3) is 0 Å². The molecule has 1 aliphatic heterocycles. The van der Waals surface area contributed by atoms with Gasteiger partial charge in [0.1, 0.15) is 12.6 Å². The summed E-state index contributed by atoms with van der Waals surface area (Å²) in [5.74, 6) is 0.567. The van der Waals surface area contributed by atoms with Crippen LogP contribution in [0.3, 0.4) is 0 Å². The molecule has 9 heteroatoms. The lowest BCUT2D eigenvalue weighted by Crippen LogP contribution is -2.59. The molecule has 0 radical (unpaired) electrons. The number of aromatic nitrogens is 4. The van der Waals surface area contributed by atoms with Gasteiger partial charge in [-0.1, -0.05) is 35.5 Å². The average molecular weight is 408 g/mol. The highest BCUT2D eigenvalue weighted by Crippen LogP contribution is 2.19. The van der Waals surface area contributed by atoms with Crippen LogP contribution >= 0.6 is 0 Å². The molecule has 0 N–H and O–H groups in total. The lowest BCUT2D eigenvalue weighted by atomic mass is 10.1. The van der Waals surface area contributed by atoms with Crippen LogP contribution in [0.1, 0.15) is 22.8 Å². The Morgan fingerprint density at radius 3 is 2.67 bits per heavy atom. The van der Waals surface area contributed by atoms with E-state index in [0.717, 1.165) is 11.1 Å². The van der Waals surface area contributed by atoms with Crippen LogP contribution in [0.4, 0.5) is 0 Å². The molecular formula is C21H24N6O3. The standard InChI is InChI=1S/C21H24N6O3/c1-15-11-22-26(12-15)14-20(28)27-9-8-25(13-17-6-4-3-5-7-17)21(29)18(27)10-19-23-16(2)24-30-19/h3-7,11-12,18H,8-10,13-14H2,1-2H3. The van der Waals surface area contributed by atoms with Crippen molar-refractivity contribution in [1.82, 2.24) is 29.7 Å². The second-order valence-electron chi connectivity index (χ2n) is 7.50. The zero-order valence-corrected chi connectivity index (χ0v) is 17.1. The zero-order valence-electron chi connectivity index (χ0n) is 17.1. The fraction of sp³-hybridized carbons (Fsp3) is 0.381. The number of rotatable bonds is 6. The van der Waals surface area contributed by atoms with Gasteiger partial charge in [0.2, 0.25) is 17.7 Å². The zero-order chi connectivity index (χ0) is 21.1. The predicted octanol–water partition coefficient (Wildman–Crippen LogP) is 1.37. The highest BCUT2D eigenvalue weighted by Gasteiger charge is 2.38. The summed E-state index contributed by atoms with van der Waals surface area (Å²) in [6.07, 6.45) is 3.70. The van der Waals surface area contributed by atoms with Gasteiger partial charge in [0, 0.05) is 25.8 Å². The topological polar surface area (TPSA) is 97.4 Å². The first-order valence-corrected chi connectivity index (χ1v) is 9.90. The van der Waals surface area contributed by atoms with Gasteiger partial charge in [-0.05, 0) is 25.0 Å². The molecule has 1 atom stereocenters. The van der Waals surface area contributed by atoms with E-state index >= 15 is 0 Å². The molecule has 1 aliphatic rings. The fourth-order valence-electron chi connectivity index (χ4n) is 3.67. The number of carbonyl (C=O) groups is 2. The molecule has 1 saturated heterocycles. The molecule has 0 saturated carbocycles. The first-order chi connectivity index (χ1) is 14.5. The van der Waals surface area contributed by atoms with Gasteiger partial charge in [-0.2, -0.15) is 10.1 Å². The summed E-state index contributed by atoms with van der Waals surface area (Å²) < 4.78 is 6.82. The van der Waals surface area contributed by atoms with Crippen LogP contribution in [0.5, 0.6) is 0 Å². The van der Waals surface area contributed by atoms with Gasteiger partial charge >= 0.3 is 0 Å². The van der Waals surface area contributed by atoms with Gasteiger partial charge in [0.15, 0.2) is 5.82 Å². The maximum Gasteiger partial charge on any atom is 0.246 e. The van der Waals surface area contributed by atoms with Crippen molar-refractivity contribution >= 4 is 11.8 Å². The second kappa shape index (κ2) is 8.48. The van der Waals surface area contributed by atoms with Crippen molar-refractivity contribution in [2.24, 2.45) is 0 Å². The summed E-state index contributed by atoms with van der Waals surface area (Å²) >= 11 is 0. The molecule has 2 amide bonds. The average Bonchev–Trinajstić information content (AvgIpc) is 3.33. The van der Waals surface area contributed by atoms with Crippen LogP contribution in [0.2, 0.25) is 0 Å². The second-order valence-corrected chi connectivity index (χ2v) is 7.50. The quantitative estimate of drug-likeness (QED) is 0.611. The minimum absolute atomic E-state index is 0.0825. The molecule has 0 bridgehead atoms. The first-order valence-electron chi connectivity index (χ1n) is 9.90. The molecule has 3 heterocycles. The molecular weight excluding hydrogens is 384 g/mol. The minimum atomic E-state index is -0.688. The summed E-state index contributed by atoms with van der Waals surface area (Å²) in [6, 6.07) is 9.13.